The van der Waals surface area contributed by atoms with Crippen LogP contribution in [0.4, 0.5) is 0 Å². The highest BCUT2D eigenvalue weighted by atomic mass is 16.5. The Balaban J connectivity index is 1.65. The van der Waals surface area contributed by atoms with E-state index >= 15 is 0 Å². The number of hydrogen-bond donors (Lipinski definition) is 0. The van der Waals surface area contributed by atoms with Crippen LogP contribution in [0.1, 0.15) is 59.5 Å². The molecule has 1 saturated heterocycles. The minimum Gasteiger partial charge on any atom is -0.465 e. The zero-order valence-electron chi connectivity index (χ0n) is 15.1. The van der Waals surface area contributed by atoms with E-state index in [1.165, 1.54) is 37.5 Å². The van der Waals surface area contributed by atoms with Gasteiger partial charge in [-0.05, 0) is 75.3 Å². The lowest BCUT2D eigenvalue weighted by molar-refractivity contribution is 0.0292. The van der Waals surface area contributed by atoms with Crippen LogP contribution in [0.15, 0.2) is 18.2 Å². The lowest BCUT2D eigenvalue weighted by atomic mass is 9.92. The van der Waals surface area contributed by atoms with Crippen LogP contribution in [0.3, 0.4) is 0 Å². The second-order valence-corrected chi connectivity index (χ2v) is 7.24. The zero-order chi connectivity index (χ0) is 17.1. The van der Waals surface area contributed by atoms with Crippen LogP contribution in [0.5, 0.6) is 0 Å². The molecular formula is C20H29NO3. The summed E-state index contributed by atoms with van der Waals surface area (Å²) < 4.78 is 10.3. The average Bonchev–Trinajstić information content (AvgIpc) is 3.10. The van der Waals surface area contributed by atoms with Crippen LogP contribution < -0.4 is 0 Å². The Bertz CT molecular complexity index is 580. The molecule has 1 aliphatic carbocycles. The minimum absolute atomic E-state index is 0.256. The molecule has 2 aliphatic rings. The first-order valence-electron chi connectivity index (χ1n) is 9.08. The number of benzene rings is 1. The molecule has 24 heavy (non-hydrogen) atoms. The lowest BCUT2D eigenvalue weighted by Crippen LogP contribution is -2.42. The summed E-state index contributed by atoms with van der Waals surface area (Å²) in [6, 6.07) is 7.34. The van der Waals surface area contributed by atoms with Crippen LogP contribution in [-0.4, -0.2) is 50.3 Å². The number of esters is 1. The Morgan fingerprint density at radius 1 is 1.17 bits per heavy atom. The molecule has 0 bridgehead atoms. The summed E-state index contributed by atoms with van der Waals surface area (Å²) in [7, 11) is 3.72. The van der Waals surface area contributed by atoms with E-state index in [9.17, 15) is 4.79 Å². The second kappa shape index (κ2) is 7.66. The average molecular weight is 331 g/mol. The maximum atomic E-state index is 11.7. The van der Waals surface area contributed by atoms with Crippen LogP contribution in [0.25, 0.3) is 0 Å². The van der Waals surface area contributed by atoms with Crippen molar-refractivity contribution in [3.05, 3.63) is 34.9 Å². The van der Waals surface area contributed by atoms with Crippen molar-refractivity contribution in [2.45, 2.75) is 57.0 Å². The van der Waals surface area contributed by atoms with Crippen LogP contribution >= 0.6 is 0 Å². The molecular weight excluding hydrogens is 302 g/mol. The molecule has 0 spiro atoms. The van der Waals surface area contributed by atoms with E-state index in [0.717, 1.165) is 26.1 Å². The highest BCUT2D eigenvalue weighted by Crippen LogP contribution is 2.39. The molecule has 0 amide bonds. The molecule has 1 aliphatic heterocycles. The summed E-state index contributed by atoms with van der Waals surface area (Å²) in [5.41, 5.74) is 3.25. The summed E-state index contributed by atoms with van der Waals surface area (Å²) in [5.74, 6) is 0.345. The van der Waals surface area contributed by atoms with Gasteiger partial charge in [-0.1, -0.05) is 6.07 Å². The maximum Gasteiger partial charge on any atom is 0.337 e. The number of methoxy groups -OCH3 is 1. The molecule has 1 saturated carbocycles. The highest BCUT2D eigenvalue weighted by molar-refractivity contribution is 5.89. The van der Waals surface area contributed by atoms with Gasteiger partial charge in [0.2, 0.25) is 0 Å². The predicted molar refractivity (Wildman–Crippen MR) is 94.5 cm³/mol. The summed E-state index contributed by atoms with van der Waals surface area (Å²) in [6.07, 6.45) is 6.02. The Morgan fingerprint density at radius 2 is 1.92 bits per heavy atom. The van der Waals surface area contributed by atoms with Crippen molar-refractivity contribution in [1.29, 1.82) is 0 Å². The van der Waals surface area contributed by atoms with E-state index in [1.54, 1.807) is 0 Å². The van der Waals surface area contributed by atoms with E-state index < -0.39 is 0 Å². The van der Waals surface area contributed by atoms with Crippen molar-refractivity contribution < 1.29 is 14.3 Å². The summed E-state index contributed by atoms with van der Waals surface area (Å²) >= 11 is 0. The van der Waals surface area contributed by atoms with E-state index in [1.807, 2.05) is 12.1 Å². The Labute approximate surface area is 145 Å². The number of rotatable bonds is 4. The third-order valence-corrected chi connectivity index (χ3v) is 5.88. The molecule has 0 N–H and O–H groups in total. The van der Waals surface area contributed by atoms with Crippen molar-refractivity contribution in [1.82, 2.24) is 4.90 Å². The maximum absolute atomic E-state index is 11.7. The molecule has 3 rings (SSSR count). The standard InChI is InChI=1S/C20H29NO3/c1-14-12-16(20(22)23-3)5-7-19(14)15-4-6-18(13-15)21(2)17-8-10-24-11-9-17/h5,7,12,15,17-18H,4,6,8-11,13H2,1-3H3. The van der Waals surface area contributed by atoms with Gasteiger partial charge < -0.3 is 14.4 Å². The van der Waals surface area contributed by atoms with Gasteiger partial charge in [-0.25, -0.2) is 4.79 Å². The molecule has 0 radical (unpaired) electrons. The van der Waals surface area contributed by atoms with Gasteiger partial charge in [0.15, 0.2) is 0 Å². The fourth-order valence-electron chi connectivity index (χ4n) is 4.38. The normalized spacial score (nSPS) is 25.2. The topological polar surface area (TPSA) is 38.8 Å². The molecule has 132 valence electrons. The highest BCUT2D eigenvalue weighted by Gasteiger charge is 2.32. The molecule has 1 aromatic rings. The van der Waals surface area contributed by atoms with E-state index in [4.69, 9.17) is 9.47 Å². The number of nitrogens with zero attached hydrogens (tertiary/aromatic N) is 1. The van der Waals surface area contributed by atoms with Crippen molar-refractivity contribution in [3.8, 4) is 0 Å². The van der Waals surface area contributed by atoms with Gasteiger partial charge in [-0.2, -0.15) is 0 Å². The van der Waals surface area contributed by atoms with Crippen LogP contribution in [0.2, 0.25) is 0 Å². The van der Waals surface area contributed by atoms with Crippen LogP contribution in [-0.2, 0) is 9.47 Å². The minimum atomic E-state index is -0.256. The lowest BCUT2D eigenvalue weighted by Gasteiger charge is -2.35. The summed E-state index contributed by atoms with van der Waals surface area (Å²) in [4.78, 5) is 14.3. The number of ether oxygens (including phenoxy) is 2. The van der Waals surface area contributed by atoms with Crippen molar-refractivity contribution in [3.63, 3.8) is 0 Å². The van der Waals surface area contributed by atoms with Gasteiger partial charge in [-0.3, -0.25) is 0 Å². The van der Waals surface area contributed by atoms with Gasteiger partial charge in [0, 0.05) is 25.3 Å². The van der Waals surface area contributed by atoms with Gasteiger partial charge in [0.1, 0.15) is 0 Å². The summed E-state index contributed by atoms with van der Waals surface area (Å²) in [6.45, 7) is 3.91. The fourth-order valence-corrected chi connectivity index (χ4v) is 4.38. The van der Waals surface area contributed by atoms with E-state index in [2.05, 4.69) is 24.9 Å². The fraction of sp³-hybridized carbons (Fsp3) is 0.650. The number of carbonyl (C=O) groups is 1. The zero-order valence-corrected chi connectivity index (χ0v) is 15.1. The Kier molecular flexibility index (Phi) is 5.57. The molecule has 1 heterocycles. The van der Waals surface area contributed by atoms with E-state index in [-0.39, 0.29) is 5.97 Å². The third-order valence-electron chi connectivity index (χ3n) is 5.88. The van der Waals surface area contributed by atoms with Crippen molar-refractivity contribution in [2.75, 3.05) is 27.4 Å². The number of hydrogen-bond acceptors (Lipinski definition) is 4. The van der Waals surface area contributed by atoms with Gasteiger partial charge in [-0.15, -0.1) is 0 Å². The third kappa shape index (κ3) is 3.65. The molecule has 4 nitrogen and oxygen atoms in total. The Morgan fingerprint density at radius 3 is 2.58 bits per heavy atom. The SMILES string of the molecule is COC(=O)c1ccc(C2CCC(N(C)C3CCOCC3)C2)c(C)c1. The quantitative estimate of drug-likeness (QED) is 0.791. The predicted octanol–water partition coefficient (Wildman–Crippen LogP) is 3.53. The largest absolute Gasteiger partial charge is 0.465 e. The molecule has 2 fully saturated rings. The van der Waals surface area contributed by atoms with Gasteiger partial charge in [0.25, 0.3) is 0 Å². The first kappa shape index (κ1) is 17.4. The van der Waals surface area contributed by atoms with Crippen LogP contribution in [0, 0.1) is 6.92 Å². The summed E-state index contributed by atoms with van der Waals surface area (Å²) in [5, 5.41) is 0. The number of aryl methyl sites for hydroxylation is 1. The first-order chi connectivity index (χ1) is 11.6. The number of carbonyl (C=O) groups excluding carboxylic acids is 1. The van der Waals surface area contributed by atoms with Crippen molar-refractivity contribution >= 4 is 5.97 Å². The molecule has 2 unspecified atom stereocenters. The monoisotopic (exact) mass is 331 g/mol. The molecule has 0 aromatic heterocycles. The Hall–Kier alpha value is -1.39. The second-order valence-electron chi connectivity index (χ2n) is 7.24. The van der Waals surface area contributed by atoms with Gasteiger partial charge >= 0.3 is 5.97 Å². The van der Waals surface area contributed by atoms with Gasteiger partial charge in [0.05, 0.1) is 12.7 Å². The first-order valence-corrected chi connectivity index (χ1v) is 9.08. The molecule has 1 aromatic carbocycles. The molecule has 2 atom stereocenters. The van der Waals surface area contributed by atoms with E-state index in [0.29, 0.717) is 23.6 Å². The smallest absolute Gasteiger partial charge is 0.337 e. The molecule has 4 heteroatoms. The van der Waals surface area contributed by atoms with Crippen molar-refractivity contribution in [2.24, 2.45) is 0 Å².